The van der Waals surface area contributed by atoms with Gasteiger partial charge >= 0.3 is 0 Å². The third-order valence-corrected chi connectivity index (χ3v) is 10.3. The van der Waals surface area contributed by atoms with Gasteiger partial charge in [0.05, 0.1) is 20.6 Å². The first-order valence-corrected chi connectivity index (χ1v) is 16.4. The van der Waals surface area contributed by atoms with E-state index in [1.807, 2.05) is 6.92 Å². The van der Waals surface area contributed by atoms with Crippen LogP contribution in [0.3, 0.4) is 0 Å². The number of halogens is 3. The number of hydrogen-bond donors (Lipinski definition) is 1. The van der Waals surface area contributed by atoms with Crippen LogP contribution in [0.2, 0.25) is 15.1 Å². The number of benzene rings is 3. The van der Waals surface area contributed by atoms with E-state index in [-0.39, 0.29) is 39.1 Å². The fourth-order valence-electron chi connectivity index (χ4n) is 5.02. The zero-order chi connectivity index (χ0) is 30.4. The Kier molecular flexibility index (Phi) is 10.8. The summed E-state index contributed by atoms with van der Waals surface area (Å²) >= 11 is 19.0. The van der Waals surface area contributed by atoms with Gasteiger partial charge in [-0.15, -0.1) is 0 Å². The molecular formula is C31H34Cl3N3O4S. The SMILES string of the molecule is Cc1ccc(S(=O)(=O)N(CC(=O)N(Cc2cccc(Cl)c2)C(C)C(=O)NC2CCCCC2)c2cccc(Cl)c2Cl)cc1. The number of carbonyl (C=O) groups excluding carboxylic acids is 2. The van der Waals surface area contributed by atoms with Crippen molar-refractivity contribution in [2.45, 2.75) is 69.5 Å². The summed E-state index contributed by atoms with van der Waals surface area (Å²) in [5.74, 6) is -0.890. The van der Waals surface area contributed by atoms with Gasteiger partial charge in [-0.25, -0.2) is 8.42 Å². The Morgan fingerprint density at radius 3 is 2.29 bits per heavy atom. The normalized spacial score (nSPS) is 14.7. The lowest BCUT2D eigenvalue weighted by Gasteiger charge is -2.33. The average molecular weight is 651 g/mol. The van der Waals surface area contributed by atoms with Crippen LogP contribution in [0.4, 0.5) is 5.69 Å². The van der Waals surface area contributed by atoms with E-state index >= 15 is 0 Å². The molecule has 0 aromatic heterocycles. The number of aryl methyl sites for hydroxylation is 1. The maximum absolute atomic E-state index is 14.1. The molecule has 1 N–H and O–H groups in total. The molecule has 1 aliphatic rings. The monoisotopic (exact) mass is 649 g/mol. The fourth-order valence-corrected chi connectivity index (χ4v) is 7.11. The molecule has 0 spiro atoms. The Bertz CT molecular complexity index is 1530. The minimum absolute atomic E-state index is 0.00728. The first kappa shape index (κ1) is 32.1. The van der Waals surface area contributed by atoms with Crippen molar-refractivity contribution in [1.29, 1.82) is 0 Å². The predicted molar refractivity (Wildman–Crippen MR) is 169 cm³/mol. The lowest BCUT2D eigenvalue weighted by molar-refractivity contribution is -0.139. The number of anilines is 1. The van der Waals surface area contributed by atoms with E-state index in [0.717, 1.165) is 42.0 Å². The number of nitrogens with zero attached hydrogens (tertiary/aromatic N) is 2. The van der Waals surface area contributed by atoms with Crippen molar-refractivity contribution in [3.8, 4) is 0 Å². The molecule has 0 radical (unpaired) electrons. The van der Waals surface area contributed by atoms with Gasteiger partial charge in [-0.05, 0) is 68.7 Å². The lowest BCUT2D eigenvalue weighted by atomic mass is 9.95. The van der Waals surface area contributed by atoms with Crippen molar-refractivity contribution in [2.24, 2.45) is 0 Å². The highest BCUT2D eigenvalue weighted by molar-refractivity contribution is 7.92. The molecule has 1 aliphatic carbocycles. The molecule has 1 atom stereocenters. The number of sulfonamides is 1. The van der Waals surface area contributed by atoms with E-state index in [1.165, 1.54) is 29.2 Å². The molecule has 11 heteroatoms. The van der Waals surface area contributed by atoms with Gasteiger partial charge in [0.15, 0.2) is 0 Å². The van der Waals surface area contributed by atoms with Crippen molar-refractivity contribution in [3.63, 3.8) is 0 Å². The predicted octanol–water partition coefficient (Wildman–Crippen LogP) is 7.02. The molecule has 1 unspecified atom stereocenters. The molecule has 0 saturated heterocycles. The zero-order valence-electron chi connectivity index (χ0n) is 23.5. The van der Waals surface area contributed by atoms with Crippen LogP contribution in [0.25, 0.3) is 0 Å². The molecule has 4 rings (SSSR count). The second-order valence-electron chi connectivity index (χ2n) is 10.6. The topological polar surface area (TPSA) is 86.8 Å². The molecule has 0 aliphatic heterocycles. The standard InChI is InChI=1S/C31H34Cl3N3O4S/c1-21-14-16-26(17-15-21)42(40,41)37(28-13-7-12-27(33)30(28)34)20-29(38)36(19-23-8-6-9-24(32)18-23)22(2)31(39)35-25-10-4-3-5-11-25/h6-9,12-18,22,25H,3-5,10-11,19-20H2,1-2H3,(H,35,39). The Labute approximate surface area is 262 Å². The summed E-state index contributed by atoms with van der Waals surface area (Å²) in [6.07, 6.45) is 4.99. The zero-order valence-corrected chi connectivity index (χ0v) is 26.6. The second-order valence-corrected chi connectivity index (χ2v) is 13.7. The van der Waals surface area contributed by atoms with Crippen LogP contribution in [-0.4, -0.2) is 43.8 Å². The highest BCUT2D eigenvalue weighted by atomic mass is 35.5. The average Bonchev–Trinajstić information content (AvgIpc) is 2.96. The van der Waals surface area contributed by atoms with Crippen molar-refractivity contribution < 1.29 is 18.0 Å². The molecule has 0 heterocycles. The minimum atomic E-state index is -4.27. The quantitative estimate of drug-likeness (QED) is 0.256. The highest BCUT2D eigenvalue weighted by Crippen LogP contribution is 2.35. The third kappa shape index (κ3) is 7.78. The molecule has 1 saturated carbocycles. The molecule has 3 aromatic carbocycles. The van der Waals surface area contributed by atoms with Crippen LogP contribution >= 0.6 is 34.8 Å². The fraction of sp³-hybridized carbons (Fsp3) is 0.355. The summed E-state index contributed by atoms with van der Waals surface area (Å²) < 4.78 is 28.9. The first-order chi connectivity index (χ1) is 20.0. The molecule has 7 nitrogen and oxygen atoms in total. The van der Waals surface area contributed by atoms with Crippen molar-refractivity contribution in [2.75, 3.05) is 10.8 Å². The second kappa shape index (κ2) is 14.1. The van der Waals surface area contributed by atoms with E-state index in [1.54, 1.807) is 49.4 Å². The smallest absolute Gasteiger partial charge is 0.264 e. The van der Waals surface area contributed by atoms with Gasteiger partial charge in [-0.2, -0.15) is 0 Å². The summed E-state index contributed by atoms with van der Waals surface area (Å²) in [6.45, 7) is 2.92. The van der Waals surface area contributed by atoms with Gasteiger partial charge in [0.2, 0.25) is 11.8 Å². The van der Waals surface area contributed by atoms with Crippen molar-refractivity contribution >= 4 is 62.3 Å². The molecular weight excluding hydrogens is 617 g/mol. The van der Waals surface area contributed by atoms with E-state index < -0.39 is 28.5 Å². The van der Waals surface area contributed by atoms with Gasteiger partial charge in [0, 0.05) is 17.6 Å². The number of nitrogens with one attached hydrogen (secondary N) is 1. The molecule has 2 amide bonds. The van der Waals surface area contributed by atoms with Gasteiger partial charge in [-0.3, -0.25) is 13.9 Å². The maximum Gasteiger partial charge on any atom is 0.264 e. The number of carbonyl (C=O) groups is 2. The van der Waals surface area contributed by atoms with E-state index in [2.05, 4.69) is 5.32 Å². The minimum Gasteiger partial charge on any atom is -0.352 e. The van der Waals surface area contributed by atoms with Crippen LogP contribution in [-0.2, 0) is 26.2 Å². The van der Waals surface area contributed by atoms with E-state index in [9.17, 15) is 18.0 Å². The number of amides is 2. The Morgan fingerprint density at radius 2 is 1.62 bits per heavy atom. The van der Waals surface area contributed by atoms with Crippen LogP contribution < -0.4 is 9.62 Å². The van der Waals surface area contributed by atoms with Crippen LogP contribution in [0.1, 0.15) is 50.2 Å². The lowest BCUT2D eigenvalue weighted by Crippen LogP contribution is -2.53. The van der Waals surface area contributed by atoms with Gasteiger partial charge in [0.25, 0.3) is 10.0 Å². The molecule has 224 valence electrons. The Hall–Kier alpha value is -2.78. The summed E-state index contributed by atoms with van der Waals surface area (Å²) in [6, 6.07) is 17.0. The summed E-state index contributed by atoms with van der Waals surface area (Å²) in [7, 11) is -4.27. The summed E-state index contributed by atoms with van der Waals surface area (Å²) in [5.41, 5.74) is 1.63. The van der Waals surface area contributed by atoms with Gasteiger partial charge < -0.3 is 10.2 Å². The van der Waals surface area contributed by atoms with Gasteiger partial charge in [0.1, 0.15) is 12.6 Å². The molecule has 42 heavy (non-hydrogen) atoms. The first-order valence-electron chi connectivity index (χ1n) is 13.8. The van der Waals surface area contributed by atoms with Crippen molar-refractivity contribution in [1.82, 2.24) is 10.2 Å². The highest BCUT2D eigenvalue weighted by Gasteiger charge is 2.34. The maximum atomic E-state index is 14.1. The van der Waals surface area contributed by atoms with Crippen LogP contribution in [0.5, 0.6) is 0 Å². The molecule has 1 fully saturated rings. The third-order valence-electron chi connectivity index (χ3n) is 7.45. The molecule has 0 bridgehead atoms. The van der Waals surface area contributed by atoms with E-state index in [4.69, 9.17) is 34.8 Å². The Morgan fingerprint density at radius 1 is 0.952 bits per heavy atom. The largest absolute Gasteiger partial charge is 0.352 e. The van der Waals surface area contributed by atoms with Crippen LogP contribution in [0.15, 0.2) is 71.6 Å². The number of hydrogen-bond acceptors (Lipinski definition) is 4. The summed E-state index contributed by atoms with van der Waals surface area (Å²) in [4.78, 5) is 28.9. The van der Waals surface area contributed by atoms with Crippen molar-refractivity contribution in [3.05, 3.63) is 92.9 Å². The summed E-state index contributed by atoms with van der Waals surface area (Å²) in [5, 5.41) is 3.70. The number of rotatable bonds is 10. The van der Waals surface area contributed by atoms with Gasteiger partial charge in [-0.1, -0.05) is 90.0 Å². The molecule has 3 aromatic rings. The van der Waals surface area contributed by atoms with Crippen LogP contribution in [0, 0.1) is 6.92 Å². The Balaban J connectivity index is 1.71. The van der Waals surface area contributed by atoms with E-state index in [0.29, 0.717) is 10.6 Å².